The van der Waals surface area contributed by atoms with Gasteiger partial charge in [-0.1, -0.05) is 11.2 Å². The lowest BCUT2D eigenvalue weighted by atomic mass is 9.89. The van der Waals surface area contributed by atoms with E-state index in [-0.39, 0.29) is 5.57 Å². The molecule has 0 saturated heterocycles. The zero-order chi connectivity index (χ0) is 10.7. The molecule has 7 heteroatoms. The van der Waals surface area contributed by atoms with Crippen LogP contribution >= 0.6 is 0 Å². The monoisotopic (exact) mass is 201 g/mol. The van der Waals surface area contributed by atoms with Crippen LogP contribution in [0.1, 0.15) is 0 Å². The molecule has 0 saturated carbocycles. The Morgan fingerprint density at radius 2 is 2.00 bits per heavy atom. The minimum Gasteiger partial charge on any atom is -0.392 e. The summed E-state index contributed by atoms with van der Waals surface area (Å²) in [5, 5.41) is 40.0. The van der Waals surface area contributed by atoms with Crippen molar-refractivity contribution in [3.63, 3.8) is 0 Å². The first kappa shape index (κ1) is 11.0. The van der Waals surface area contributed by atoms with E-state index in [4.69, 9.17) is 10.6 Å². The molecule has 7 nitrogen and oxygen atoms in total. The summed E-state index contributed by atoms with van der Waals surface area (Å²) < 4.78 is 0. The summed E-state index contributed by atoms with van der Waals surface area (Å²) in [6, 6.07) is -0.958. The molecule has 0 aromatic carbocycles. The van der Waals surface area contributed by atoms with Crippen LogP contribution in [-0.4, -0.2) is 51.4 Å². The van der Waals surface area contributed by atoms with Crippen LogP contribution in [0, 0.1) is 0 Å². The van der Waals surface area contributed by atoms with E-state index in [1.165, 1.54) is 6.08 Å². The Labute approximate surface area is 79.5 Å². The molecule has 0 aliphatic heterocycles. The van der Waals surface area contributed by atoms with Crippen molar-refractivity contribution in [3.8, 4) is 0 Å². The summed E-state index contributed by atoms with van der Waals surface area (Å²) >= 11 is 0. The normalized spacial score (nSPS) is 37.3. The van der Waals surface area contributed by atoms with Crippen LogP contribution in [0.25, 0.3) is 10.4 Å². The largest absolute Gasteiger partial charge is 0.392 e. The molecule has 0 heterocycles. The Hall–Kier alpha value is -1.11. The van der Waals surface area contributed by atoms with E-state index in [0.717, 1.165) is 0 Å². The quantitative estimate of drug-likeness (QED) is 0.191. The fourth-order valence-corrected chi connectivity index (χ4v) is 1.33. The molecule has 3 unspecified atom stereocenters. The molecule has 0 radical (unpaired) electrons. The van der Waals surface area contributed by atoms with E-state index in [1.54, 1.807) is 0 Å². The number of azide groups is 1. The number of hydrogen-bond donors (Lipinski definition) is 4. The average molecular weight is 201 g/mol. The number of aliphatic hydroxyl groups excluding tert-OH is 4. The second-order valence-corrected chi connectivity index (χ2v) is 3.02. The van der Waals surface area contributed by atoms with Crippen LogP contribution in [-0.2, 0) is 0 Å². The van der Waals surface area contributed by atoms with E-state index in [2.05, 4.69) is 10.0 Å². The summed E-state index contributed by atoms with van der Waals surface area (Å²) in [5.41, 5.74) is 8.30. The molecule has 1 aliphatic carbocycles. The molecule has 0 bridgehead atoms. The molecule has 4 N–H and O–H groups in total. The average Bonchev–Trinajstić information content (AvgIpc) is 2.19. The SMILES string of the molecule is [N-]=[N+]=NC1C=C(CO)C(O)[C@H](O)C1O. The summed E-state index contributed by atoms with van der Waals surface area (Å²) in [7, 11) is 0. The van der Waals surface area contributed by atoms with Crippen molar-refractivity contribution in [2.45, 2.75) is 24.4 Å². The van der Waals surface area contributed by atoms with Gasteiger partial charge in [0.2, 0.25) is 0 Å². The summed E-state index contributed by atoms with van der Waals surface area (Å²) in [6.07, 6.45) is -2.86. The molecule has 4 atom stereocenters. The number of nitrogens with zero attached hydrogens (tertiary/aromatic N) is 3. The van der Waals surface area contributed by atoms with Gasteiger partial charge in [-0.2, -0.15) is 0 Å². The standard InChI is InChI=1S/C7H11N3O4/c8-10-9-4-1-3(2-11)5(12)7(14)6(4)13/h1,4-7,11-14H,2H2/t4?,5?,6?,7-/m0/s1. The second-order valence-electron chi connectivity index (χ2n) is 3.02. The van der Waals surface area contributed by atoms with Gasteiger partial charge in [0.05, 0.1) is 18.8 Å². The van der Waals surface area contributed by atoms with Crippen molar-refractivity contribution < 1.29 is 20.4 Å². The topological polar surface area (TPSA) is 130 Å². The molecule has 0 aromatic heterocycles. The maximum atomic E-state index is 9.35. The van der Waals surface area contributed by atoms with Gasteiger partial charge >= 0.3 is 0 Å². The fourth-order valence-electron chi connectivity index (χ4n) is 1.33. The van der Waals surface area contributed by atoms with Crippen LogP contribution in [0.4, 0.5) is 0 Å². The first-order valence-electron chi connectivity index (χ1n) is 4.01. The van der Waals surface area contributed by atoms with Gasteiger partial charge in [-0.25, -0.2) is 0 Å². The van der Waals surface area contributed by atoms with Gasteiger partial charge < -0.3 is 20.4 Å². The van der Waals surface area contributed by atoms with Gasteiger partial charge in [-0.15, -0.1) is 0 Å². The van der Waals surface area contributed by atoms with Crippen molar-refractivity contribution in [3.05, 3.63) is 22.1 Å². The van der Waals surface area contributed by atoms with Gasteiger partial charge in [0.15, 0.2) is 0 Å². The Morgan fingerprint density at radius 3 is 2.50 bits per heavy atom. The van der Waals surface area contributed by atoms with Crippen LogP contribution in [0.5, 0.6) is 0 Å². The van der Waals surface area contributed by atoms with Crippen LogP contribution in [0.3, 0.4) is 0 Å². The number of aliphatic hydroxyl groups is 4. The second kappa shape index (κ2) is 4.41. The highest BCUT2D eigenvalue weighted by molar-refractivity contribution is 5.21. The lowest BCUT2D eigenvalue weighted by Gasteiger charge is -2.31. The number of rotatable bonds is 2. The molecule has 0 spiro atoms. The van der Waals surface area contributed by atoms with Gasteiger partial charge in [-0.05, 0) is 11.1 Å². The summed E-state index contributed by atoms with van der Waals surface area (Å²) in [4.78, 5) is 2.48. The molecule has 0 aromatic rings. The maximum Gasteiger partial charge on any atom is 0.110 e. The van der Waals surface area contributed by atoms with Crippen molar-refractivity contribution >= 4 is 0 Å². The van der Waals surface area contributed by atoms with Crippen LogP contribution < -0.4 is 0 Å². The van der Waals surface area contributed by atoms with E-state index >= 15 is 0 Å². The lowest BCUT2D eigenvalue weighted by molar-refractivity contribution is -0.0595. The van der Waals surface area contributed by atoms with Crippen molar-refractivity contribution in [1.82, 2.24) is 0 Å². The van der Waals surface area contributed by atoms with Crippen molar-refractivity contribution in [2.24, 2.45) is 5.11 Å². The fraction of sp³-hybridized carbons (Fsp3) is 0.714. The molecular weight excluding hydrogens is 190 g/mol. The van der Waals surface area contributed by atoms with E-state index < -0.39 is 31.0 Å². The first-order chi connectivity index (χ1) is 6.61. The third-order valence-corrected chi connectivity index (χ3v) is 2.16. The third kappa shape index (κ3) is 1.87. The Kier molecular flexibility index (Phi) is 3.45. The Morgan fingerprint density at radius 1 is 1.36 bits per heavy atom. The highest BCUT2D eigenvalue weighted by atomic mass is 16.4. The van der Waals surface area contributed by atoms with E-state index in [1.807, 2.05) is 0 Å². The van der Waals surface area contributed by atoms with E-state index in [0.29, 0.717) is 0 Å². The highest BCUT2D eigenvalue weighted by Gasteiger charge is 2.36. The van der Waals surface area contributed by atoms with Gasteiger partial charge in [-0.3, -0.25) is 0 Å². The minimum atomic E-state index is -1.45. The third-order valence-electron chi connectivity index (χ3n) is 2.16. The summed E-state index contributed by atoms with van der Waals surface area (Å²) in [5.74, 6) is 0. The minimum absolute atomic E-state index is 0.139. The smallest absolute Gasteiger partial charge is 0.110 e. The highest BCUT2D eigenvalue weighted by Crippen LogP contribution is 2.21. The first-order valence-corrected chi connectivity index (χ1v) is 4.01. The molecular formula is C7H11N3O4. The van der Waals surface area contributed by atoms with Gasteiger partial charge in [0, 0.05) is 4.91 Å². The van der Waals surface area contributed by atoms with Crippen LogP contribution in [0.2, 0.25) is 0 Å². The zero-order valence-corrected chi connectivity index (χ0v) is 7.22. The molecule has 0 fully saturated rings. The molecule has 0 amide bonds. The Balaban J connectivity index is 2.98. The Bertz CT molecular complexity index is 287. The van der Waals surface area contributed by atoms with Gasteiger partial charge in [0.25, 0.3) is 0 Å². The predicted octanol–water partition coefficient (Wildman–Crippen LogP) is -1.32. The molecule has 14 heavy (non-hydrogen) atoms. The predicted molar refractivity (Wildman–Crippen MR) is 46.1 cm³/mol. The summed E-state index contributed by atoms with van der Waals surface area (Å²) in [6.45, 7) is -0.456. The zero-order valence-electron chi connectivity index (χ0n) is 7.22. The van der Waals surface area contributed by atoms with Crippen molar-refractivity contribution in [1.29, 1.82) is 0 Å². The van der Waals surface area contributed by atoms with Crippen LogP contribution in [0.15, 0.2) is 16.8 Å². The van der Waals surface area contributed by atoms with E-state index in [9.17, 15) is 15.3 Å². The van der Waals surface area contributed by atoms with Crippen molar-refractivity contribution in [2.75, 3.05) is 6.61 Å². The maximum absolute atomic E-state index is 9.35. The van der Waals surface area contributed by atoms with Gasteiger partial charge in [0.1, 0.15) is 12.2 Å². The molecule has 1 aliphatic rings. The lowest BCUT2D eigenvalue weighted by Crippen LogP contribution is -2.48. The molecule has 1 rings (SSSR count). The number of hydrogen-bond acceptors (Lipinski definition) is 5. The molecule has 78 valence electrons.